The molecular weight excluding hydrogens is 503 g/mol. The van der Waals surface area contributed by atoms with E-state index < -0.39 is 27.8 Å². The Morgan fingerprint density at radius 3 is 2.49 bits per heavy atom. The Morgan fingerprint density at radius 1 is 1.03 bits per heavy atom. The highest BCUT2D eigenvalue weighted by Crippen LogP contribution is 2.33. The molecule has 2 amide bonds. The molecule has 1 fully saturated rings. The number of hydrogen-bond donors (Lipinski definition) is 3. The first-order valence-electron chi connectivity index (χ1n) is 10.6. The molecule has 4 rings (SSSR count). The van der Waals surface area contributed by atoms with E-state index in [0.29, 0.717) is 31.6 Å². The van der Waals surface area contributed by atoms with E-state index >= 15 is 0 Å². The number of benzene rings is 2. The van der Waals surface area contributed by atoms with Crippen molar-refractivity contribution in [2.45, 2.75) is 30.0 Å². The number of amides is 2. The summed E-state index contributed by atoms with van der Waals surface area (Å²) in [6.07, 6.45) is -3.45. The maximum atomic E-state index is 13.0. The number of ether oxygens (including phenoxy) is 1. The third kappa shape index (κ3) is 6.40. The fourth-order valence-corrected chi connectivity index (χ4v) is 5.61. The summed E-state index contributed by atoms with van der Waals surface area (Å²) in [5, 5.41) is 8.62. The Labute approximate surface area is 204 Å². The number of nitrogens with one attached hydrogen (secondary N) is 3. The SMILES string of the molecule is O=C(Nc1cccc(C(F)(F)F)c1)Nc1cc(S(=O)(=O)NC2CCOCC2)ccc1-c1ccsc1. The molecule has 1 aliphatic rings. The first-order chi connectivity index (χ1) is 16.6. The number of carbonyl (C=O) groups is 1. The number of thiophene rings is 1. The molecule has 12 heteroatoms. The molecule has 3 aromatic rings. The molecule has 1 aliphatic heterocycles. The molecular formula is C23H22F3N3O4S2. The van der Waals surface area contributed by atoms with Gasteiger partial charge in [0.1, 0.15) is 0 Å². The lowest BCUT2D eigenvalue weighted by Crippen LogP contribution is -2.38. The van der Waals surface area contributed by atoms with Crippen molar-refractivity contribution in [2.24, 2.45) is 0 Å². The predicted octanol–water partition coefficient (Wildman–Crippen LogP) is 5.54. The summed E-state index contributed by atoms with van der Waals surface area (Å²) in [5.41, 5.74) is 0.560. The van der Waals surface area contributed by atoms with E-state index in [1.54, 1.807) is 6.07 Å². The van der Waals surface area contributed by atoms with Gasteiger partial charge in [-0.3, -0.25) is 0 Å². The molecule has 0 radical (unpaired) electrons. The van der Waals surface area contributed by atoms with Crippen LogP contribution in [0, 0.1) is 0 Å². The van der Waals surface area contributed by atoms with Gasteiger partial charge in [0.15, 0.2) is 0 Å². The van der Waals surface area contributed by atoms with Crippen LogP contribution < -0.4 is 15.4 Å². The molecule has 0 unspecified atom stereocenters. The van der Waals surface area contributed by atoms with Crippen molar-refractivity contribution in [3.05, 3.63) is 64.9 Å². The van der Waals surface area contributed by atoms with E-state index in [9.17, 15) is 26.4 Å². The third-order valence-corrected chi connectivity index (χ3v) is 7.57. The van der Waals surface area contributed by atoms with Gasteiger partial charge in [0.25, 0.3) is 0 Å². The van der Waals surface area contributed by atoms with E-state index in [-0.39, 0.29) is 22.3 Å². The number of alkyl halides is 3. The fraction of sp³-hybridized carbons (Fsp3) is 0.261. The van der Waals surface area contributed by atoms with E-state index in [0.717, 1.165) is 17.7 Å². The average molecular weight is 526 g/mol. The number of sulfonamides is 1. The maximum absolute atomic E-state index is 13.0. The molecule has 0 atom stereocenters. The summed E-state index contributed by atoms with van der Waals surface area (Å²) in [7, 11) is -3.88. The molecule has 0 bridgehead atoms. The minimum Gasteiger partial charge on any atom is -0.381 e. The number of urea groups is 1. The Bertz CT molecular complexity index is 1290. The normalized spacial score (nSPS) is 15.1. The second-order valence-corrected chi connectivity index (χ2v) is 10.4. The summed E-state index contributed by atoms with van der Waals surface area (Å²) in [4.78, 5) is 12.6. The summed E-state index contributed by atoms with van der Waals surface area (Å²) >= 11 is 1.42. The van der Waals surface area contributed by atoms with Crippen molar-refractivity contribution in [2.75, 3.05) is 23.8 Å². The summed E-state index contributed by atoms with van der Waals surface area (Å²) in [6.45, 7) is 0.930. The Kier molecular flexibility index (Phi) is 7.45. The summed E-state index contributed by atoms with van der Waals surface area (Å²) < 4.78 is 72.8. The third-order valence-electron chi connectivity index (χ3n) is 5.37. The van der Waals surface area contributed by atoms with Crippen molar-refractivity contribution in [1.29, 1.82) is 0 Å². The van der Waals surface area contributed by atoms with Crippen LogP contribution in [0.15, 0.2) is 64.2 Å². The van der Waals surface area contributed by atoms with Crippen LogP contribution >= 0.6 is 11.3 Å². The van der Waals surface area contributed by atoms with E-state index in [1.807, 2.05) is 16.8 Å². The second kappa shape index (κ2) is 10.4. The number of rotatable bonds is 6. The lowest BCUT2D eigenvalue weighted by molar-refractivity contribution is -0.137. The molecule has 0 saturated carbocycles. The Hall–Kier alpha value is -2.93. The van der Waals surface area contributed by atoms with E-state index in [1.165, 1.54) is 35.6 Å². The van der Waals surface area contributed by atoms with Gasteiger partial charge in [-0.1, -0.05) is 12.1 Å². The van der Waals surface area contributed by atoms with Gasteiger partial charge in [-0.05, 0) is 65.6 Å². The van der Waals surface area contributed by atoms with Crippen molar-refractivity contribution >= 4 is 38.8 Å². The molecule has 7 nitrogen and oxygen atoms in total. The van der Waals surface area contributed by atoms with E-state index in [2.05, 4.69) is 15.4 Å². The minimum atomic E-state index is -4.56. The van der Waals surface area contributed by atoms with Gasteiger partial charge >= 0.3 is 12.2 Å². The number of anilines is 2. The highest BCUT2D eigenvalue weighted by Gasteiger charge is 2.30. The molecule has 1 aromatic heterocycles. The van der Waals surface area contributed by atoms with Crippen LogP contribution in [-0.4, -0.2) is 33.7 Å². The predicted molar refractivity (Wildman–Crippen MR) is 128 cm³/mol. The van der Waals surface area contributed by atoms with Crippen LogP contribution in [0.4, 0.5) is 29.3 Å². The smallest absolute Gasteiger partial charge is 0.381 e. The Morgan fingerprint density at radius 2 is 1.80 bits per heavy atom. The zero-order chi connectivity index (χ0) is 25.1. The van der Waals surface area contributed by atoms with E-state index in [4.69, 9.17) is 4.74 Å². The van der Waals surface area contributed by atoms with Crippen LogP contribution in [0.3, 0.4) is 0 Å². The molecule has 2 heterocycles. The van der Waals surface area contributed by atoms with Crippen LogP contribution in [0.2, 0.25) is 0 Å². The van der Waals surface area contributed by atoms with Crippen LogP contribution in [-0.2, 0) is 20.9 Å². The molecule has 3 N–H and O–H groups in total. The van der Waals surface area contributed by atoms with Crippen LogP contribution in [0.25, 0.3) is 11.1 Å². The highest BCUT2D eigenvalue weighted by atomic mass is 32.2. The number of hydrogen-bond acceptors (Lipinski definition) is 5. The molecule has 1 saturated heterocycles. The number of carbonyl (C=O) groups excluding carboxylic acids is 1. The largest absolute Gasteiger partial charge is 0.416 e. The lowest BCUT2D eigenvalue weighted by Gasteiger charge is -2.23. The Balaban J connectivity index is 1.59. The topological polar surface area (TPSA) is 96.5 Å². The van der Waals surface area contributed by atoms with Gasteiger partial charge in [0.05, 0.1) is 16.1 Å². The summed E-state index contributed by atoms with van der Waals surface area (Å²) in [6, 6.07) is 9.34. The monoisotopic (exact) mass is 525 g/mol. The maximum Gasteiger partial charge on any atom is 0.416 e. The molecule has 35 heavy (non-hydrogen) atoms. The van der Waals surface area contributed by atoms with Crippen LogP contribution in [0.5, 0.6) is 0 Å². The summed E-state index contributed by atoms with van der Waals surface area (Å²) in [5.74, 6) is 0. The highest BCUT2D eigenvalue weighted by molar-refractivity contribution is 7.89. The molecule has 0 spiro atoms. The molecule has 0 aliphatic carbocycles. The molecule has 186 valence electrons. The van der Waals surface area contributed by atoms with Crippen molar-refractivity contribution in [3.63, 3.8) is 0 Å². The number of halogens is 3. The van der Waals surface area contributed by atoms with Crippen molar-refractivity contribution in [1.82, 2.24) is 4.72 Å². The zero-order valence-electron chi connectivity index (χ0n) is 18.3. The van der Waals surface area contributed by atoms with Gasteiger partial charge in [-0.25, -0.2) is 17.9 Å². The second-order valence-electron chi connectivity index (χ2n) is 7.89. The van der Waals surface area contributed by atoms with Gasteiger partial charge in [0.2, 0.25) is 10.0 Å². The lowest BCUT2D eigenvalue weighted by atomic mass is 10.1. The quantitative estimate of drug-likeness (QED) is 0.394. The van der Waals surface area contributed by atoms with Gasteiger partial charge < -0.3 is 15.4 Å². The van der Waals surface area contributed by atoms with Crippen LogP contribution in [0.1, 0.15) is 18.4 Å². The minimum absolute atomic E-state index is 0.0441. The first kappa shape index (κ1) is 25.2. The van der Waals surface area contributed by atoms with Crippen molar-refractivity contribution < 1.29 is 31.1 Å². The van der Waals surface area contributed by atoms with Crippen molar-refractivity contribution in [3.8, 4) is 11.1 Å². The fourth-order valence-electron chi connectivity index (χ4n) is 3.62. The first-order valence-corrected chi connectivity index (χ1v) is 13.1. The van der Waals surface area contributed by atoms with Gasteiger partial charge in [0, 0.05) is 30.5 Å². The van der Waals surface area contributed by atoms with Gasteiger partial charge in [-0.2, -0.15) is 24.5 Å². The standard InChI is InChI=1S/C23H22F3N3O4S2/c24-23(25,26)16-2-1-3-18(12-16)27-22(30)28-21-13-19(4-5-20(21)15-8-11-34-14-15)35(31,32)29-17-6-9-33-10-7-17/h1-5,8,11-14,17,29H,6-7,9-10H2,(H2,27,28,30). The zero-order valence-corrected chi connectivity index (χ0v) is 19.9. The molecule has 2 aromatic carbocycles. The van der Waals surface area contributed by atoms with Gasteiger partial charge in [-0.15, -0.1) is 0 Å². The average Bonchev–Trinajstić information content (AvgIpc) is 3.34.